The Morgan fingerprint density at radius 2 is 1.79 bits per heavy atom. The standard InChI is InChI=1S/C18H31N3O3/c1-13(22)20-9-6-14(7-10-20)18(23)19-16-4-3-5-17(16)21-11-8-15(12-21)24-2/h14-17H,3-12H2,1-2H3,(H,19,23)/t15?,16-,17+/m1/s1. The van der Waals surface area contributed by atoms with Gasteiger partial charge in [-0.05, 0) is 38.5 Å². The number of hydrogen-bond acceptors (Lipinski definition) is 4. The lowest BCUT2D eigenvalue weighted by Crippen LogP contribution is -2.51. The molecule has 2 aliphatic heterocycles. The third kappa shape index (κ3) is 3.91. The summed E-state index contributed by atoms with van der Waals surface area (Å²) in [6.45, 7) is 5.09. The molecule has 2 amide bonds. The van der Waals surface area contributed by atoms with E-state index < -0.39 is 0 Å². The van der Waals surface area contributed by atoms with Crippen LogP contribution in [0.2, 0.25) is 0 Å². The van der Waals surface area contributed by atoms with E-state index in [-0.39, 0.29) is 23.8 Å². The normalized spacial score (nSPS) is 32.2. The highest BCUT2D eigenvalue weighted by atomic mass is 16.5. The Labute approximate surface area is 144 Å². The van der Waals surface area contributed by atoms with Crippen LogP contribution in [0, 0.1) is 5.92 Å². The molecular formula is C18H31N3O3. The van der Waals surface area contributed by atoms with Gasteiger partial charge in [0, 0.05) is 58.2 Å². The maximum Gasteiger partial charge on any atom is 0.223 e. The molecule has 0 radical (unpaired) electrons. The molecule has 136 valence electrons. The van der Waals surface area contributed by atoms with Crippen LogP contribution in [-0.4, -0.2) is 73.1 Å². The Morgan fingerprint density at radius 3 is 2.42 bits per heavy atom. The van der Waals surface area contributed by atoms with Crippen LogP contribution in [0.1, 0.15) is 45.4 Å². The first-order chi connectivity index (χ1) is 11.6. The van der Waals surface area contributed by atoms with Gasteiger partial charge in [0.2, 0.25) is 11.8 Å². The van der Waals surface area contributed by atoms with Crippen molar-refractivity contribution in [3.05, 3.63) is 0 Å². The van der Waals surface area contributed by atoms with E-state index in [0.29, 0.717) is 25.2 Å². The van der Waals surface area contributed by atoms with Gasteiger partial charge < -0.3 is 15.0 Å². The molecule has 0 bridgehead atoms. The summed E-state index contributed by atoms with van der Waals surface area (Å²) in [6, 6.07) is 0.741. The number of nitrogens with one attached hydrogen (secondary N) is 1. The van der Waals surface area contributed by atoms with Crippen molar-refractivity contribution in [2.45, 2.75) is 63.6 Å². The number of nitrogens with zero attached hydrogens (tertiary/aromatic N) is 2. The van der Waals surface area contributed by atoms with E-state index in [1.54, 1.807) is 14.0 Å². The van der Waals surface area contributed by atoms with Gasteiger partial charge in [-0.1, -0.05) is 0 Å². The smallest absolute Gasteiger partial charge is 0.223 e. The van der Waals surface area contributed by atoms with Gasteiger partial charge >= 0.3 is 0 Å². The molecule has 0 spiro atoms. The highest BCUT2D eigenvalue weighted by Gasteiger charge is 2.38. The molecule has 3 fully saturated rings. The van der Waals surface area contributed by atoms with E-state index in [2.05, 4.69) is 10.2 Å². The van der Waals surface area contributed by atoms with Crippen LogP contribution in [0.3, 0.4) is 0 Å². The number of likely N-dealkylation sites (tertiary alicyclic amines) is 2. The molecule has 3 aliphatic rings. The Bertz CT molecular complexity index is 462. The average Bonchev–Trinajstić information content (AvgIpc) is 3.23. The van der Waals surface area contributed by atoms with Crippen LogP contribution in [0.15, 0.2) is 0 Å². The molecule has 0 aromatic carbocycles. The monoisotopic (exact) mass is 337 g/mol. The third-order valence-corrected chi connectivity index (χ3v) is 6.10. The van der Waals surface area contributed by atoms with Crippen LogP contribution in [0.25, 0.3) is 0 Å². The van der Waals surface area contributed by atoms with Crippen LogP contribution in [0.5, 0.6) is 0 Å². The number of ether oxygens (including phenoxy) is 1. The fourth-order valence-electron chi connectivity index (χ4n) is 4.55. The lowest BCUT2D eigenvalue weighted by atomic mass is 9.95. The maximum atomic E-state index is 12.7. The molecule has 6 nitrogen and oxygen atoms in total. The fraction of sp³-hybridized carbons (Fsp3) is 0.889. The van der Waals surface area contributed by atoms with Crippen molar-refractivity contribution in [1.29, 1.82) is 0 Å². The van der Waals surface area contributed by atoms with Crippen molar-refractivity contribution in [1.82, 2.24) is 15.1 Å². The Kier molecular flexibility index (Phi) is 5.76. The molecule has 3 rings (SSSR count). The number of hydrogen-bond donors (Lipinski definition) is 1. The number of piperidine rings is 1. The van der Waals surface area contributed by atoms with Crippen molar-refractivity contribution < 1.29 is 14.3 Å². The van der Waals surface area contributed by atoms with E-state index >= 15 is 0 Å². The first-order valence-electron chi connectivity index (χ1n) is 9.41. The Morgan fingerprint density at radius 1 is 1.04 bits per heavy atom. The first kappa shape index (κ1) is 17.7. The van der Waals surface area contributed by atoms with Gasteiger partial charge in [-0.15, -0.1) is 0 Å². The fourth-order valence-corrected chi connectivity index (χ4v) is 4.55. The molecule has 1 aliphatic carbocycles. The Hall–Kier alpha value is -1.14. The van der Waals surface area contributed by atoms with Crippen LogP contribution in [-0.2, 0) is 14.3 Å². The molecule has 3 atom stereocenters. The molecular weight excluding hydrogens is 306 g/mol. The molecule has 0 aromatic heterocycles. The highest BCUT2D eigenvalue weighted by molar-refractivity contribution is 5.80. The minimum Gasteiger partial charge on any atom is -0.380 e. The maximum absolute atomic E-state index is 12.7. The third-order valence-electron chi connectivity index (χ3n) is 6.10. The topological polar surface area (TPSA) is 61.9 Å². The predicted molar refractivity (Wildman–Crippen MR) is 91.5 cm³/mol. The van der Waals surface area contributed by atoms with Gasteiger partial charge in [-0.2, -0.15) is 0 Å². The summed E-state index contributed by atoms with van der Waals surface area (Å²) in [5, 5.41) is 3.33. The Balaban J connectivity index is 1.50. The second kappa shape index (κ2) is 7.83. The van der Waals surface area contributed by atoms with E-state index in [0.717, 1.165) is 38.8 Å². The summed E-state index contributed by atoms with van der Waals surface area (Å²) in [6.07, 6.45) is 6.46. The summed E-state index contributed by atoms with van der Waals surface area (Å²) >= 11 is 0. The van der Waals surface area contributed by atoms with Gasteiger partial charge in [-0.3, -0.25) is 14.5 Å². The highest BCUT2D eigenvalue weighted by Crippen LogP contribution is 2.28. The number of methoxy groups -OCH3 is 1. The number of carbonyl (C=O) groups excluding carboxylic acids is 2. The van der Waals surface area contributed by atoms with Gasteiger partial charge in [0.25, 0.3) is 0 Å². The van der Waals surface area contributed by atoms with Gasteiger partial charge in [0.15, 0.2) is 0 Å². The number of amides is 2. The number of rotatable bonds is 4. The zero-order valence-electron chi connectivity index (χ0n) is 15.0. The van der Waals surface area contributed by atoms with Crippen molar-refractivity contribution in [3.63, 3.8) is 0 Å². The number of carbonyl (C=O) groups is 2. The summed E-state index contributed by atoms with van der Waals surface area (Å²) in [5.41, 5.74) is 0. The van der Waals surface area contributed by atoms with Gasteiger partial charge in [-0.25, -0.2) is 0 Å². The van der Waals surface area contributed by atoms with E-state index in [1.165, 1.54) is 12.8 Å². The molecule has 1 unspecified atom stereocenters. The quantitative estimate of drug-likeness (QED) is 0.831. The lowest BCUT2D eigenvalue weighted by Gasteiger charge is -2.33. The van der Waals surface area contributed by atoms with Crippen molar-refractivity contribution in [3.8, 4) is 0 Å². The second-order valence-corrected chi connectivity index (χ2v) is 7.53. The van der Waals surface area contributed by atoms with Gasteiger partial charge in [0.1, 0.15) is 0 Å². The second-order valence-electron chi connectivity index (χ2n) is 7.53. The van der Waals surface area contributed by atoms with Gasteiger partial charge in [0.05, 0.1) is 6.10 Å². The van der Waals surface area contributed by atoms with E-state index in [1.807, 2.05) is 4.90 Å². The van der Waals surface area contributed by atoms with Crippen LogP contribution >= 0.6 is 0 Å². The molecule has 2 heterocycles. The van der Waals surface area contributed by atoms with E-state index in [4.69, 9.17) is 4.74 Å². The lowest BCUT2D eigenvalue weighted by molar-refractivity contribution is -0.134. The minimum atomic E-state index is 0.0622. The zero-order chi connectivity index (χ0) is 17.1. The predicted octanol–water partition coefficient (Wildman–Crippen LogP) is 1.00. The molecule has 1 saturated carbocycles. The average molecular weight is 337 g/mol. The van der Waals surface area contributed by atoms with Crippen LogP contribution < -0.4 is 5.32 Å². The van der Waals surface area contributed by atoms with Crippen molar-refractivity contribution >= 4 is 11.8 Å². The molecule has 6 heteroatoms. The molecule has 24 heavy (non-hydrogen) atoms. The molecule has 2 saturated heterocycles. The first-order valence-corrected chi connectivity index (χ1v) is 9.41. The van der Waals surface area contributed by atoms with Crippen LogP contribution in [0.4, 0.5) is 0 Å². The van der Waals surface area contributed by atoms with Crippen molar-refractivity contribution in [2.75, 3.05) is 33.3 Å². The van der Waals surface area contributed by atoms with Crippen molar-refractivity contribution in [2.24, 2.45) is 5.92 Å². The summed E-state index contributed by atoms with van der Waals surface area (Å²) in [4.78, 5) is 28.4. The molecule has 1 N–H and O–H groups in total. The summed E-state index contributed by atoms with van der Waals surface area (Å²) < 4.78 is 5.48. The summed E-state index contributed by atoms with van der Waals surface area (Å²) in [5.74, 6) is 0.371. The SMILES string of the molecule is COC1CCN([C@H]2CCC[C@H]2NC(=O)C2CCN(C(C)=O)CC2)C1. The minimum absolute atomic E-state index is 0.0622. The summed E-state index contributed by atoms with van der Waals surface area (Å²) in [7, 11) is 1.79. The van der Waals surface area contributed by atoms with E-state index in [9.17, 15) is 9.59 Å². The molecule has 0 aromatic rings. The zero-order valence-corrected chi connectivity index (χ0v) is 15.0. The largest absolute Gasteiger partial charge is 0.380 e.